The molecule has 101 valence electrons. The molecule has 1 aliphatic heterocycles. The second-order valence-electron chi connectivity index (χ2n) is 4.22. The lowest BCUT2D eigenvalue weighted by atomic mass is 10.1. The number of hydrogen-bond acceptors (Lipinski definition) is 6. The van der Waals surface area contributed by atoms with Gasteiger partial charge in [-0.1, -0.05) is 0 Å². The Kier molecular flexibility index (Phi) is 3.94. The normalized spacial score (nSPS) is 15.1. The maximum Gasteiger partial charge on any atom is 0.355 e. The molecule has 0 atom stereocenters. The van der Waals surface area contributed by atoms with E-state index in [2.05, 4.69) is 21.0 Å². The number of piperidine rings is 1. The smallest absolute Gasteiger partial charge is 0.355 e. The third kappa shape index (κ3) is 2.64. The minimum Gasteiger partial charge on any atom is -0.476 e. The molecule has 0 spiro atoms. The molecule has 0 bridgehead atoms. The molecule has 1 fully saturated rings. The van der Waals surface area contributed by atoms with Crippen LogP contribution in [0.3, 0.4) is 0 Å². The first kappa shape index (κ1) is 13.3. The Morgan fingerprint density at radius 1 is 1.26 bits per heavy atom. The molecule has 1 aromatic rings. The van der Waals surface area contributed by atoms with E-state index in [4.69, 9.17) is 5.11 Å². The van der Waals surface area contributed by atoms with Gasteiger partial charge in [0.15, 0.2) is 5.69 Å². The van der Waals surface area contributed by atoms with Crippen LogP contribution in [0.5, 0.6) is 0 Å². The molecule has 7 nitrogen and oxygen atoms in total. The highest BCUT2D eigenvalue weighted by Gasteiger charge is 2.27. The molecule has 1 N–H and O–H groups in total. The Morgan fingerprint density at radius 3 is 2.53 bits per heavy atom. The second-order valence-corrected chi connectivity index (χ2v) is 4.22. The molecule has 0 amide bonds. The first-order valence-electron chi connectivity index (χ1n) is 5.99. The maximum atomic E-state index is 11.8. The van der Waals surface area contributed by atoms with E-state index in [0.29, 0.717) is 5.82 Å². The lowest BCUT2D eigenvalue weighted by molar-refractivity contribution is 0.0580. The number of ether oxygens (including phenoxy) is 1. The van der Waals surface area contributed by atoms with Gasteiger partial charge in [-0.3, -0.25) is 0 Å². The van der Waals surface area contributed by atoms with Gasteiger partial charge in [0.2, 0.25) is 6.33 Å². The number of methoxy groups -OCH3 is 1. The largest absolute Gasteiger partial charge is 0.476 e. The Hall–Kier alpha value is -2.18. The fourth-order valence-electron chi connectivity index (χ4n) is 2.12. The van der Waals surface area contributed by atoms with Crippen molar-refractivity contribution in [1.29, 1.82) is 0 Å². The van der Waals surface area contributed by atoms with E-state index in [1.165, 1.54) is 7.11 Å². The summed E-state index contributed by atoms with van der Waals surface area (Å²) in [5.74, 6) is -1.75. The Morgan fingerprint density at radius 2 is 1.95 bits per heavy atom. The zero-order valence-corrected chi connectivity index (χ0v) is 10.5. The maximum absolute atomic E-state index is 11.8. The number of aromatic nitrogens is 2. The van der Waals surface area contributed by atoms with Gasteiger partial charge in [0.1, 0.15) is 11.4 Å². The standard InChI is InChI=1S/C12H14N3O4/c1-19-12(18)8-9(11(16)17)13-7-14-10(8)15-5-3-2-4-6-15/h2-6H2,1H3,(H,16,17). The molecule has 2 heterocycles. The average Bonchev–Trinajstić information content (AvgIpc) is 2.46. The molecule has 1 radical (unpaired) electrons. The third-order valence-electron chi connectivity index (χ3n) is 3.03. The van der Waals surface area contributed by atoms with Gasteiger partial charge in [0.05, 0.1) is 7.11 Å². The van der Waals surface area contributed by atoms with Crippen molar-refractivity contribution in [1.82, 2.24) is 9.97 Å². The minimum absolute atomic E-state index is 0.101. The summed E-state index contributed by atoms with van der Waals surface area (Å²) in [6.45, 7) is 1.46. The number of nitrogens with zero attached hydrogens (tertiary/aromatic N) is 3. The Balaban J connectivity index is 2.49. The van der Waals surface area contributed by atoms with Gasteiger partial charge in [-0.05, 0) is 19.3 Å². The molecule has 0 saturated carbocycles. The molecule has 19 heavy (non-hydrogen) atoms. The van der Waals surface area contributed by atoms with Crippen molar-refractivity contribution in [2.24, 2.45) is 0 Å². The highest BCUT2D eigenvalue weighted by molar-refractivity contribution is 6.04. The summed E-state index contributed by atoms with van der Waals surface area (Å²) in [6.07, 6.45) is 5.37. The lowest BCUT2D eigenvalue weighted by Gasteiger charge is -2.28. The van der Waals surface area contributed by atoms with Crippen LogP contribution in [0.25, 0.3) is 0 Å². The van der Waals surface area contributed by atoms with E-state index in [0.717, 1.165) is 32.4 Å². The number of esters is 1. The van der Waals surface area contributed by atoms with Gasteiger partial charge in [0.25, 0.3) is 0 Å². The summed E-state index contributed by atoms with van der Waals surface area (Å²) in [7, 11) is 1.20. The van der Waals surface area contributed by atoms with Crippen LogP contribution in [0.1, 0.15) is 40.1 Å². The van der Waals surface area contributed by atoms with Gasteiger partial charge in [0, 0.05) is 13.1 Å². The molecule has 1 aromatic heterocycles. The second kappa shape index (κ2) is 5.64. The fraction of sp³-hybridized carbons (Fsp3) is 0.500. The zero-order valence-electron chi connectivity index (χ0n) is 10.5. The van der Waals surface area contributed by atoms with Gasteiger partial charge in [-0.2, -0.15) is 0 Å². The van der Waals surface area contributed by atoms with Crippen LogP contribution in [-0.2, 0) is 4.74 Å². The minimum atomic E-state index is -1.29. The molecular weight excluding hydrogens is 250 g/mol. The quantitative estimate of drug-likeness (QED) is 0.805. The van der Waals surface area contributed by atoms with Crippen molar-refractivity contribution in [3.63, 3.8) is 0 Å². The lowest BCUT2D eigenvalue weighted by Crippen LogP contribution is -2.33. The van der Waals surface area contributed by atoms with Gasteiger partial charge < -0.3 is 14.7 Å². The van der Waals surface area contributed by atoms with Crippen molar-refractivity contribution >= 4 is 17.8 Å². The molecule has 1 aliphatic rings. The third-order valence-corrected chi connectivity index (χ3v) is 3.03. The van der Waals surface area contributed by atoms with Crippen LogP contribution < -0.4 is 4.90 Å². The van der Waals surface area contributed by atoms with E-state index >= 15 is 0 Å². The number of hydrogen-bond donors (Lipinski definition) is 1. The molecule has 7 heteroatoms. The number of carboxylic acid groups (broad SMARTS) is 1. The van der Waals surface area contributed by atoms with Crippen molar-refractivity contribution in [2.45, 2.75) is 19.3 Å². The van der Waals surface area contributed by atoms with Crippen LogP contribution in [0.15, 0.2) is 0 Å². The van der Waals surface area contributed by atoms with Crippen molar-refractivity contribution in [2.75, 3.05) is 25.1 Å². The van der Waals surface area contributed by atoms with Crippen LogP contribution in [0, 0.1) is 6.33 Å². The van der Waals surface area contributed by atoms with E-state index < -0.39 is 11.9 Å². The summed E-state index contributed by atoms with van der Waals surface area (Å²) in [4.78, 5) is 32.3. The predicted molar refractivity (Wildman–Crippen MR) is 65.2 cm³/mol. The van der Waals surface area contributed by atoms with E-state index in [9.17, 15) is 9.59 Å². The summed E-state index contributed by atoms with van der Waals surface area (Å²) in [5, 5.41) is 9.10. The summed E-state index contributed by atoms with van der Waals surface area (Å²) in [6, 6.07) is 0. The molecular formula is C12H14N3O4. The fourth-order valence-corrected chi connectivity index (χ4v) is 2.12. The first-order valence-corrected chi connectivity index (χ1v) is 5.99. The zero-order chi connectivity index (χ0) is 13.8. The molecule has 0 aliphatic carbocycles. The van der Waals surface area contributed by atoms with Gasteiger partial charge in [-0.25, -0.2) is 19.6 Å². The first-order chi connectivity index (χ1) is 9.15. The average molecular weight is 264 g/mol. The highest BCUT2D eigenvalue weighted by atomic mass is 16.5. The number of carboxylic acids is 1. The SMILES string of the molecule is COC(=O)c1c(C(=O)O)n[c]nc1N1CCCCC1. The number of carbonyl (C=O) groups excluding carboxylic acids is 1. The van der Waals surface area contributed by atoms with Gasteiger partial charge in [-0.15, -0.1) is 0 Å². The number of carbonyl (C=O) groups is 2. The van der Waals surface area contributed by atoms with Crippen LogP contribution in [0.4, 0.5) is 5.82 Å². The number of anilines is 1. The number of rotatable bonds is 3. The summed E-state index contributed by atoms with van der Waals surface area (Å²) in [5.41, 5.74) is -0.474. The van der Waals surface area contributed by atoms with E-state index in [1.807, 2.05) is 4.90 Å². The Labute approximate surface area is 110 Å². The monoisotopic (exact) mass is 264 g/mol. The van der Waals surface area contributed by atoms with Crippen LogP contribution in [-0.4, -0.2) is 47.2 Å². The summed E-state index contributed by atoms with van der Waals surface area (Å²) >= 11 is 0. The number of aromatic carboxylic acids is 1. The molecule has 0 unspecified atom stereocenters. The topological polar surface area (TPSA) is 92.6 Å². The van der Waals surface area contributed by atoms with Crippen molar-refractivity contribution < 1.29 is 19.4 Å². The van der Waals surface area contributed by atoms with Crippen LogP contribution in [0.2, 0.25) is 0 Å². The van der Waals surface area contributed by atoms with E-state index in [1.54, 1.807) is 0 Å². The highest BCUT2D eigenvalue weighted by Crippen LogP contribution is 2.24. The summed E-state index contributed by atoms with van der Waals surface area (Å²) < 4.78 is 4.64. The van der Waals surface area contributed by atoms with Crippen molar-refractivity contribution in [3.05, 3.63) is 17.6 Å². The van der Waals surface area contributed by atoms with Crippen LogP contribution >= 0.6 is 0 Å². The Bertz CT molecular complexity index is 498. The van der Waals surface area contributed by atoms with Gasteiger partial charge >= 0.3 is 11.9 Å². The van der Waals surface area contributed by atoms with Crippen molar-refractivity contribution in [3.8, 4) is 0 Å². The van der Waals surface area contributed by atoms with E-state index in [-0.39, 0.29) is 11.3 Å². The molecule has 2 rings (SSSR count). The predicted octanol–water partition coefficient (Wildman–Crippen LogP) is 0.752. The molecule has 1 saturated heterocycles. The molecule has 0 aromatic carbocycles.